The number of nitrogens with zero attached hydrogens (tertiary/aromatic N) is 4. The molecule has 40 heavy (non-hydrogen) atoms. The highest BCUT2D eigenvalue weighted by molar-refractivity contribution is 5.70. The van der Waals surface area contributed by atoms with Crippen LogP contribution in [0.4, 0.5) is 5.69 Å². The summed E-state index contributed by atoms with van der Waals surface area (Å²) in [4.78, 5) is 17.0. The molecule has 0 saturated carbocycles. The third kappa shape index (κ3) is 4.43. The highest BCUT2D eigenvalue weighted by Gasteiger charge is 2.34. The molecule has 2 heterocycles. The molecule has 0 fully saturated rings. The quantitative estimate of drug-likeness (QED) is 0.270. The lowest BCUT2D eigenvalue weighted by atomic mass is 9.92. The Kier molecular flexibility index (Phi) is 6.12. The van der Waals surface area contributed by atoms with Gasteiger partial charge in [-0.3, -0.25) is 0 Å². The predicted molar refractivity (Wildman–Crippen MR) is 160 cm³/mol. The number of benzene rings is 3. The number of allylic oxidation sites excluding steroid dienone is 6. The van der Waals surface area contributed by atoms with Gasteiger partial charge in [-0.25, -0.2) is 15.0 Å². The van der Waals surface area contributed by atoms with Crippen molar-refractivity contribution in [3.63, 3.8) is 0 Å². The van der Waals surface area contributed by atoms with Crippen LogP contribution in [0.2, 0.25) is 0 Å². The minimum absolute atomic E-state index is 0.335. The molecule has 2 unspecified atom stereocenters. The van der Waals surface area contributed by atoms with Crippen LogP contribution >= 0.6 is 0 Å². The number of anilines is 1. The van der Waals surface area contributed by atoms with E-state index in [0.717, 1.165) is 52.4 Å². The predicted octanol–water partition coefficient (Wildman–Crippen LogP) is 8.32. The molecular weight excluding hydrogens is 492 g/mol. The lowest BCUT2D eigenvalue weighted by molar-refractivity contribution is 0.248. The summed E-state index contributed by atoms with van der Waals surface area (Å²) in [7, 11) is 0. The maximum absolute atomic E-state index is 6.46. The molecule has 0 radical (unpaired) electrons. The lowest BCUT2D eigenvalue weighted by Gasteiger charge is -2.40. The third-order valence-electron chi connectivity index (χ3n) is 7.66. The van der Waals surface area contributed by atoms with Crippen molar-refractivity contribution < 1.29 is 4.74 Å². The van der Waals surface area contributed by atoms with Crippen LogP contribution in [-0.2, 0) is 4.74 Å². The number of aromatic nitrogens is 3. The van der Waals surface area contributed by atoms with E-state index in [1.165, 1.54) is 5.70 Å². The van der Waals surface area contributed by atoms with Gasteiger partial charge in [0.2, 0.25) is 0 Å². The zero-order valence-electron chi connectivity index (χ0n) is 22.7. The summed E-state index contributed by atoms with van der Waals surface area (Å²) in [6, 6.07) is 28.7. The van der Waals surface area contributed by atoms with E-state index in [2.05, 4.69) is 67.3 Å². The smallest absolute Gasteiger partial charge is 0.164 e. The number of hydrogen-bond donors (Lipinski definition) is 0. The second-order valence-corrected chi connectivity index (χ2v) is 10.7. The number of rotatable bonds is 4. The first kappa shape index (κ1) is 24.3. The van der Waals surface area contributed by atoms with Crippen molar-refractivity contribution in [2.45, 2.75) is 26.7 Å². The van der Waals surface area contributed by atoms with Gasteiger partial charge in [-0.2, -0.15) is 0 Å². The Bertz CT molecular complexity index is 1630. The maximum atomic E-state index is 6.46. The summed E-state index contributed by atoms with van der Waals surface area (Å²) < 4.78 is 6.46. The molecule has 1 aliphatic heterocycles. The molecule has 2 atom stereocenters. The van der Waals surface area contributed by atoms with E-state index in [4.69, 9.17) is 19.7 Å². The molecule has 196 valence electrons. The van der Waals surface area contributed by atoms with Crippen LogP contribution in [0.15, 0.2) is 132 Å². The van der Waals surface area contributed by atoms with Crippen molar-refractivity contribution in [1.82, 2.24) is 15.0 Å². The van der Waals surface area contributed by atoms with Crippen LogP contribution in [0.1, 0.15) is 26.7 Å². The Morgan fingerprint density at radius 3 is 1.88 bits per heavy atom. The summed E-state index contributed by atoms with van der Waals surface area (Å²) in [5.41, 5.74) is 6.31. The Labute approximate surface area is 234 Å². The fourth-order valence-electron chi connectivity index (χ4n) is 5.53. The molecule has 4 aromatic rings. The van der Waals surface area contributed by atoms with Crippen molar-refractivity contribution in [1.29, 1.82) is 0 Å². The van der Waals surface area contributed by atoms with Crippen LogP contribution < -0.4 is 4.90 Å². The first-order chi connectivity index (χ1) is 19.6. The molecule has 0 saturated heterocycles. The molecule has 3 aliphatic rings. The summed E-state index contributed by atoms with van der Waals surface area (Å²) >= 11 is 0. The van der Waals surface area contributed by atoms with E-state index in [-0.39, 0.29) is 0 Å². The zero-order chi connectivity index (χ0) is 27.1. The van der Waals surface area contributed by atoms with Gasteiger partial charge in [0.1, 0.15) is 11.5 Å². The lowest BCUT2D eigenvalue weighted by Crippen LogP contribution is -2.32. The van der Waals surface area contributed by atoms with E-state index in [1.54, 1.807) is 0 Å². The SMILES string of the molecule is CC1C=CC2=C(C1)N(c1ccc(-c3nc(-c4ccccc4)nc(-c4ccccc4)n3)cc1)C1=C(O2)C(C)CC=C1. The molecule has 0 amide bonds. The van der Waals surface area contributed by atoms with Crippen LogP contribution in [0.25, 0.3) is 34.2 Å². The molecule has 0 bridgehead atoms. The fraction of sp³-hybridized carbons (Fsp3) is 0.171. The molecule has 7 rings (SSSR count). The topological polar surface area (TPSA) is 51.1 Å². The van der Waals surface area contributed by atoms with Gasteiger partial charge in [0, 0.05) is 28.3 Å². The highest BCUT2D eigenvalue weighted by Crippen LogP contribution is 2.43. The minimum atomic E-state index is 0.335. The Hall–Kier alpha value is -4.77. The van der Waals surface area contributed by atoms with E-state index in [1.807, 2.05) is 60.7 Å². The summed E-state index contributed by atoms with van der Waals surface area (Å²) in [6.07, 6.45) is 10.8. The minimum Gasteiger partial charge on any atom is -0.457 e. The largest absolute Gasteiger partial charge is 0.457 e. The standard InChI is InChI=1S/C35H30N4O/c1-23-16-21-31-30(22-23)39(29-15-9-10-24(2)32(29)40-31)28-19-17-27(18-20-28)35-37-33(25-11-5-3-6-12-25)36-34(38-35)26-13-7-4-8-14-26/h3-9,11-21,23-24H,10,22H2,1-2H3. The first-order valence-corrected chi connectivity index (χ1v) is 13.9. The molecule has 1 aromatic heterocycles. The summed E-state index contributed by atoms with van der Waals surface area (Å²) in [5, 5.41) is 0. The van der Waals surface area contributed by atoms with Gasteiger partial charge in [-0.15, -0.1) is 0 Å². The molecule has 0 N–H and O–H groups in total. The average molecular weight is 523 g/mol. The first-order valence-electron chi connectivity index (χ1n) is 13.9. The van der Waals surface area contributed by atoms with E-state index < -0.39 is 0 Å². The molecule has 0 spiro atoms. The van der Waals surface area contributed by atoms with E-state index in [9.17, 15) is 0 Å². The van der Waals surface area contributed by atoms with Gasteiger partial charge >= 0.3 is 0 Å². The van der Waals surface area contributed by atoms with Crippen molar-refractivity contribution in [3.8, 4) is 34.2 Å². The Morgan fingerprint density at radius 1 is 0.700 bits per heavy atom. The van der Waals surface area contributed by atoms with Gasteiger partial charge in [0.15, 0.2) is 17.5 Å². The Balaban J connectivity index is 1.31. The van der Waals surface area contributed by atoms with Gasteiger partial charge < -0.3 is 9.64 Å². The Morgan fingerprint density at radius 2 is 1.27 bits per heavy atom. The van der Waals surface area contributed by atoms with E-state index >= 15 is 0 Å². The monoisotopic (exact) mass is 522 g/mol. The molecule has 3 aromatic carbocycles. The molecule has 2 aliphatic carbocycles. The summed E-state index contributed by atoms with van der Waals surface area (Å²) in [5.74, 6) is 4.77. The van der Waals surface area contributed by atoms with Crippen LogP contribution in [0.5, 0.6) is 0 Å². The zero-order valence-corrected chi connectivity index (χ0v) is 22.7. The van der Waals surface area contributed by atoms with Crippen molar-refractivity contribution in [2.75, 3.05) is 4.90 Å². The number of hydrogen-bond acceptors (Lipinski definition) is 5. The molecule has 5 nitrogen and oxygen atoms in total. The fourth-order valence-corrected chi connectivity index (χ4v) is 5.53. The van der Waals surface area contributed by atoms with Crippen LogP contribution in [0, 0.1) is 11.8 Å². The maximum Gasteiger partial charge on any atom is 0.164 e. The van der Waals surface area contributed by atoms with Crippen LogP contribution in [0.3, 0.4) is 0 Å². The average Bonchev–Trinajstić information content (AvgIpc) is 3.01. The van der Waals surface area contributed by atoms with Crippen molar-refractivity contribution >= 4 is 5.69 Å². The van der Waals surface area contributed by atoms with E-state index in [0.29, 0.717) is 29.3 Å². The third-order valence-corrected chi connectivity index (χ3v) is 7.66. The molecular formula is C35H30N4O. The second kappa shape index (κ2) is 10.1. The van der Waals surface area contributed by atoms with Gasteiger partial charge in [0.05, 0.1) is 11.4 Å². The normalized spacial score (nSPS) is 19.8. The van der Waals surface area contributed by atoms with Crippen molar-refractivity contribution in [3.05, 3.63) is 132 Å². The summed E-state index contributed by atoms with van der Waals surface area (Å²) in [6.45, 7) is 4.48. The second-order valence-electron chi connectivity index (χ2n) is 10.7. The number of ether oxygens (including phenoxy) is 1. The molecule has 5 heteroatoms. The highest BCUT2D eigenvalue weighted by atomic mass is 16.5. The van der Waals surface area contributed by atoms with Gasteiger partial charge in [-0.1, -0.05) is 86.7 Å². The van der Waals surface area contributed by atoms with Gasteiger partial charge in [0.25, 0.3) is 0 Å². The van der Waals surface area contributed by atoms with Crippen LogP contribution in [-0.4, -0.2) is 15.0 Å². The van der Waals surface area contributed by atoms with Gasteiger partial charge in [-0.05, 0) is 55.2 Å². The van der Waals surface area contributed by atoms with Crippen molar-refractivity contribution in [2.24, 2.45) is 11.8 Å².